The number of para-hydroxylation sites is 1. The summed E-state index contributed by atoms with van der Waals surface area (Å²) in [7, 11) is 0. The van der Waals surface area contributed by atoms with Gasteiger partial charge in [0.25, 0.3) is 0 Å². The number of aromatic nitrogens is 3. The molecule has 6 nitrogen and oxygen atoms in total. The van der Waals surface area contributed by atoms with Gasteiger partial charge in [0.1, 0.15) is 17.6 Å². The zero-order valence-corrected chi connectivity index (χ0v) is 13.8. The molecule has 0 saturated heterocycles. The second-order valence-corrected chi connectivity index (χ2v) is 6.64. The van der Waals surface area contributed by atoms with Gasteiger partial charge in [-0.2, -0.15) is 0 Å². The average molecular weight is 336 g/mol. The van der Waals surface area contributed by atoms with Crippen LogP contribution in [0.2, 0.25) is 0 Å². The molecule has 4 rings (SSSR count). The minimum absolute atomic E-state index is 0.112. The highest BCUT2D eigenvalue weighted by Gasteiger charge is 2.62. The number of pyridine rings is 1. The zero-order chi connectivity index (χ0) is 17.4. The molecule has 2 heterocycles. The normalized spacial score (nSPS) is 22.2. The molecule has 6 heteroatoms. The Bertz CT molecular complexity index is 936. The second-order valence-electron chi connectivity index (χ2n) is 6.64. The molecule has 3 N–H and O–H groups in total. The van der Waals surface area contributed by atoms with Gasteiger partial charge in [-0.05, 0) is 49.9 Å². The molecule has 25 heavy (non-hydrogen) atoms. The smallest absolute Gasteiger partial charge is 0.316 e. The summed E-state index contributed by atoms with van der Waals surface area (Å²) in [5, 5.41) is 10.8. The Kier molecular flexibility index (Phi) is 3.77. The van der Waals surface area contributed by atoms with Crippen LogP contribution in [0.15, 0.2) is 48.9 Å². The Labute approximate surface area is 145 Å². The molecule has 0 unspecified atom stereocenters. The summed E-state index contributed by atoms with van der Waals surface area (Å²) in [5.41, 5.74) is 6.20. The fraction of sp³-hybridized carbons (Fsp3) is 0.316. The van der Waals surface area contributed by atoms with Crippen molar-refractivity contribution in [1.29, 1.82) is 0 Å². The van der Waals surface area contributed by atoms with E-state index >= 15 is 0 Å². The summed E-state index contributed by atoms with van der Waals surface area (Å²) < 4.78 is 1.80. The molecule has 0 spiro atoms. The molecule has 1 fully saturated rings. The Balaban J connectivity index is 1.66. The monoisotopic (exact) mass is 336 g/mol. The number of hydrogen-bond donors (Lipinski definition) is 2. The molecular weight excluding hydrogens is 316 g/mol. The second kappa shape index (κ2) is 5.97. The van der Waals surface area contributed by atoms with E-state index in [4.69, 9.17) is 5.73 Å². The number of benzene rings is 1. The van der Waals surface area contributed by atoms with Gasteiger partial charge in [0.15, 0.2) is 0 Å². The van der Waals surface area contributed by atoms with E-state index < -0.39 is 11.4 Å². The van der Waals surface area contributed by atoms with Crippen LogP contribution in [0.1, 0.15) is 25.0 Å². The van der Waals surface area contributed by atoms with Crippen LogP contribution in [0, 0.1) is 5.92 Å². The van der Waals surface area contributed by atoms with Crippen LogP contribution in [-0.4, -0.2) is 32.2 Å². The van der Waals surface area contributed by atoms with Crippen molar-refractivity contribution < 1.29 is 9.90 Å². The SMILES string of the molecule is NCCC[C@H]1C[C@]1(C(=O)O)c1cn(-c2ccc3ccccc3n2)cn1. The number of hydrogen-bond acceptors (Lipinski definition) is 4. The van der Waals surface area contributed by atoms with Gasteiger partial charge in [0.2, 0.25) is 0 Å². The topological polar surface area (TPSA) is 94.0 Å². The Morgan fingerprint density at radius 3 is 2.96 bits per heavy atom. The molecule has 1 aliphatic carbocycles. The van der Waals surface area contributed by atoms with Crippen molar-refractivity contribution in [2.45, 2.75) is 24.7 Å². The van der Waals surface area contributed by atoms with Gasteiger partial charge >= 0.3 is 5.97 Å². The summed E-state index contributed by atoms with van der Waals surface area (Å²) in [6.45, 7) is 0.585. The molecule has 2 aromatic heterocycles. The molecule has 0 bridgehead atoms. The number of imidazole rings is 1. The van der Waals surface area contributed by atoms with Crippen LogP contribution >= 0.6 is 0 Å². The summed E-state index contributed by atoms with van der Waals surface area (Å²) in [6.07, 6.45) is 5.74. The van der Waals surface area contributed by atoms with Gasteiger partial charge in [-0.25, -0.2) is 9.97 Å². The van der Waals surface area contributed by atoms with Gasteiger partial charge in [-0.1, -0.05) is 18.2 Å². The molecule has 0 aliphatic heterocycles. The number of fused-ring (bicyclic) bond motifs is 1. The van der Waals surface area contributed by atoms with Gasteiger partial charge in [0.05, 0.1) is 11.2 Å². The van der Waals surface area contributed by atoms with Crippen LogP contribution in [0.3, 0.4) is 0 Å². The van der Waals surface area contributed by atoms with E-state index in [9.17, 15) is 9.90 Å². The van der Waals surface area contributed by atoms with Crippen molar-refractivity contribution in [3.05, 3.63) is 54.6 Å². The molecule has 128 valence electrons. The number of nitrogens with two attached hydrogens (primary N) is 1. The largest absolute Gasteiger partial charge is 0.481 e. The first-order valence-electron chi connectivity index (χ1n) is 8.49. The lowest BCUT2D eigenvalue weighted by Crippen LogP contribution is -2.23. The summed E-state index contributed by atoms with van der Waals surface area (Å²) in [5.74, 6) is 0.0462. The van der Waals surface area contributed by atoms with E-state index in [2.05, 4.69) is 9.97 Å². The first-order valence-corrected chi connectivity index (χ1v) is 8.49. The number of carboxylic acid groups (broad SMARTS) is 1. The lowest BCUT2D eigenvalue weighted by atomic mass is 9.98. The average Bonchev–Trinajstić information content (AvgIpc) is 3.16. The predicted molar refractivity (Wildman–Crippen MR) is 94.6 cm³/mol. The third-order valence-corrected chi connectivity index (χ3v) is 5.13. The minimum Gasteiger partial charge on any atom is -0.481 e. The third-order valence-electron chi connectivity index (χ3n) is 5.13. The predicted octanol–water partition coefficient (Wildman–Crippen LogP) is 2.50. The molecular formula is C19H20N4O2. The fourth-order valence-corrected chi connectivity index (χ4v) is 3.61. The lowest BCUT2D eigenvalue weighted by molar-refractivity contribution is -0.140. The van der Waals surface area contributed by atoms with Gasteiger partial charge in [0, 0.05) is 11.6 Å². The van der Waals surface area contributed by atoms with E-state index in [1.165, 1.54) is 0 Å². The van der Waals surface area contributed by atoms with Crippen molar-refractivity contribution in [1.82, 2.24) is 14.5 Å². The van der Waals surface area contributed by atoms with Crippen LogP contribution < -0.4 is 5.73 Å². The first-order chi connectivity index (χ1) is 12.1. The van der Waals surface area contributed by atoms with Crippen molar-refractivity contribution in [2.75, 3.05) is 6.54 Å². The van der Waals surface area contributed by atoms with Gasteiger partial charge in [-0.15, -0.1) is 0 Å². The number of carboxylic acids is 1. The Morgan fingerprint density at radius 2 is 2.16 bits per heavy atom. The Morgan fingerprint density at radius 1 is 1.32 bits per heavy atom. The number of nitrogens with zero attached hydrogens (tertiary/aromatic N) is 3. The standard InChI is InChI=1S/C19H20N4O2/c20-9-3-5-14-10-19(14,18(24)25)16-11-23(12-21-16)17-8-7-13-4-1-2-6-15(13)22-17/h1-2,4,6-8,11-12,14H,3,5,9-10,20H2,(H,24,25)/t14-,19+/m0/s1. The number of carbonyl (C=O) groups is 1. The van der Waals surface area contributed by atoms with E-state index in [0.717, 1.165) is 29.6 Å². The number of rotatable bonds is 6. The van der Waals surface area contributed by atoms with Crippen LogP contribution in [0.5, 0.6) is 0 Å². The van der Waals surface area contributed by atoms with Gasteiger partial charge < -0.3 is 10.8 Å². The first kappa shape index (κ1) is 15.8. The molecule has 1 saturated carbocycles. The number of aliphatic carboxylic acids is 1. The van der Waals surface area contributed by atoms with Crippen LogP contribution in [-0.2, 0) is 10.2 Å². The van der Waals surface area contributed by atoms with E-state index in [-0.39, 0.29) is 5.92 Å². The zero-order valence-electron chi connectivity index (χ0n) is 13.8. The maximum atomic E-state index is 11.9. The summed E-state index contributed by atoms with van der Waals surface area (Å²) in [6, 6.07) is 11.8. The van der Waals surface area contributed by atoms with E-state index in [1.54, 1.807) is 17.1 Å². The highest BCUT2D eigenvalue weighted by Crippen LogP contribution is 2.56. The van der Waals surface area contributed by atoms with Gasteiger partial charge in [-0.3, -0.25) is 9.36 Å². The maximum Gasteiger partial charge on any atom is 0.316 e. The van der Waals surface area contributed by atoms with Crippen molar-refractivity contribution >= 4 is 16.9 Å². The van der Waals surface area contributed by atoms with Crippen LogP contribution in [0.4, 0.5) is 0 Å². The fourth-order valence-electron chi connectivity index (χ4n) is 3.61. The van der Waals surface area contributed by atoms with E-state index in [1.807, 2.05) is 36.4 Å². The highest BCUT2D eigenvalue weighted by atomic mass is 16.4. The minimum atomic E-state index is -0.864. The molecule has 1 aromatic carbocycles. The Hall–Kier alpha value is -2.73. The molecule has 1 aliphatic rings. The summed E-state index contributed by atoms with van der Waals surface area (Å²) >= 11 is 0. The molecule has 3 aromatic rings. The molecule has 0 radical (unpaired) electrons. The van der Waals surface area contributed by atoms with E-state index in [0.29, 0.717) is 18.7 Å². The highest BCUT2D eigenvalue weighted by molar-refractivity contribution is 5.85. The third kappa shape index (κ3) is 2.59. The molecule has 2 atom stereocenters. The maximum absolute atomic E-state index is 11.9. The van der Waals surface area contributed by atoms with Crippen molar-refractivity contribution in [2.24, 2.45) is 11.7 Å². The van der Waals surface area contributed by atoms with Crippen molar-refractivity contribution in [3.63, 3.8) is 0 Å². The lowest BCUT2D eigenvalue weighted by Gasteiger charge is -2.09. The quantitative estimate of drug-likeness (QED) is 0.721. The molecule has 0 amide bonds. The van der Waals surface area contributed by atoms with Crippen LogP contribution in [0.25, 0.3) is 16.7 Å². The van der Waals surface area contributed by atoms with Crippen molar-refractivity contribution in [3.8, 4) is 5.82 Å². The summed E-state index contributed by atoms with van der Waals surface area (Å²) in [4.78, 5) is 20.9.